The molecular formula is C19H23F4N3O4. The van der Waals surface area contributed by atoms with Crippen LogP contribution in [0.5, 0.6) is 0 Å². The van der Waals surface area contributed by atoms with Gasteiger partial charge in [-0.2, -0.15) is 13.2 Å². The van der Waals surface area contributed by atoms with Crippen LogP contribution in [-0.4, -0.2) is 61.2 Å². The van der Waals surface area contributed by atoms with Gasteiger partial charge in [-0.25, -0.2) is 9.18 Å². The molecule has 2 N–H and O–H groups in total. The Hall–Kier alpha value is -2.56. The number of hydrogen-bond donors (Lipinski definition) is 2. The SMILES string of the molecule is CC(=O)NCC1CN(c2ccc(N3CCC(O)(C(F)(F)F)C(C)C3)c(F)c2)C(=O)O1. The number of amides is 2. The Morgan fingerprint density at radius 2 is 2.07 bits per heavy atom. The van der Waals surface area contributed by atoms with Gasteiger partial charge >= 0.3 is 12.3 Å². The van der Waals surface area contributed by atoms with E-state index in [0.29, 0.717) is 0 Å². The fourth-order valence-electron chi connectivity index (χ4n) is 3.78. The summed E-state index contributed by atoms with van der Waals surface area (Å²) in [4.78, 5) is 25.7. The maximum Gasteiger partial charge on any atom is 0.417 e. The van der Waals surface area contributed by atoms with Crippen LogP contribution in [0.4, 0.5) is 33.7 Å². The van der Waals surface area contributed by atoms with Crippen molar-refractivity contribution in [1.29, 1.82) is 0 Å². The third kappa shape index (κ3) is 4.16. The van der Waals surface area contributed by atoms with Gasteiger partial charge < -0.3 is 20.1 Å². The molecule has 0 aromatic heterocycles. The highest BCUT2D eigenvalue weighted by Gasteiger charge is 2.58. The van der Waals surface area contributed by atoms with E-state index >= 15 is 0 Å². The first-order chi connectivity index (χ1) is 13.9. The first-order valence-corrected chi connectivity index (χ1v) is 9.48. The van der Waals surface area contributed by atoms with Crippen molar-refractivity contribution in [3.8, 4) is 0 Å². The van der Waals surface area contributed by atoms with Crippen LogP contribution in [0, 0.1) is 11.7 Å². The Kier molecular flexibility index (Phi) is 5.85. The third-order valence-electron chi connectivity index (χ3n) is 5.60. The van der Waals surface area contributed by atoms with Crippen molar-refractivity contribution >= 4 is 23.4 Å². The van der Waals surface area contributed by atoms with Gasteiger partial charge in [-0.15, -0.1) is 0 Å². The molecule has 3 rings (SSSR count). The maximum atomic E-state index is 14.8. The highest BCUT2D eigenvalue weighted by Crippen LogP contribution is 2.43. The van der Waals surface area contributed by atoms with E-state index in [1.807, 2.05) is 0 Å². The summed E-state index contributed by atoms with van der Waals surface area (Å²) in [6.45, 7) is 2.53. The zero-order valence-corrected chi connectivity index (χ0v) is 16.5. The summed E-state index contributed by atoms with van der Waals surface area (Å²) in [5.74, 6) is -2.11. The Morgan fingerprint density at radius 1 is 1.37 bits per heavy atom. The first kappa shape index (κ1) is 22.1. The summed E-state index contributed by atoms with van der Waals surface area (Å²) in [6.07, 6.45) is -6.58. The minimum Gasteiger partial charge on any atom is -0.442 e. The second-order valence-corrected chi connectivity index (χ2v) is 7.71. The highest BCUT2D eigenvalue weighted by atomic mass is 19.4. The molecule has 0 spiro atoms. The van der Waals surface area contributed by atoms with Crippen LogP contribution in [0.3, 0.4) is 0 Å². The van der Waals surface area contributed by atoms with E-state index in [1.165, 1.54) is 35.8 Å². The predicted octanol–water partition coefficient (Wildman–Crippen LogP) is 2.43. The molecule has 0 aliphatic carbocycles. The molecule has 2 amide bonds. The Morgan fingerprint density at radius 3 is 2.63 bits per heavy atom. The van der Waals surface area contributed by atoms with E-state index in [9.17, 15) is 32.3 Å². The van der Waals surface area contributed by atoms with Crippen LogP contribution >= 0.6 is 0 Å². The van der Waals surface area contributed by atoms with E-state index in [0.717, 1.165) is 6.07 Å². The number of anilines is 2. The van der Waals surface area contributed by atoms with Crippen LogP contribution in [0.15, 0.2) is 18.2 Å². The van der Waals surface area contributed by atoms with Crippen molar-refractivity contribution in [2.24, 2.45) is 5.92 Å². The van der Waals surface area contributed by atoms with Crippen molar-refractivity contribution in [3.05, 3.63) is 24.0 Å². The summed E-state index contributed by atoms with van der Waals surface area (Å²) >= 11 is 0. The standard InChI is InChI=1S/C19H23F4N3O4/c1-11-9-25(6-5-18(11,29)19(21,22)23)16-4-3-13(7-15(16)20)26-10-14(30-17(26)28)8-24-12(2)27/h3-4,7,11,14,29H,5-6,8-10H2,1-2H3,(H,24,27). The third-order valence-corrected chi connectivity index (χ3v) is 5.60. The van der Waals surface area contributed by atoms with Crippen LogP contribution in [0.25, 0.3) is 0 Å². The maximum absolute atomic E-state index is 14.8. The molecule has 3 unspecified atom stereocenters. The van der Waals surface area contributed by atoms with E-state index in [-0.39, 0.29) is 43.5 Å². The minimum atomic E-state index is -4.76. The Labute approximate surface area is 170 Å². The van der Waals surface area contributed by atoms with Gasteiger partial charge in [-0.1, -0.05) is 6.92 Å². The lowest BCUT2D eigenvalue weighted by Crippen LogP contribution is -2.59. The lowest BCUT2D eigenvalue weighted by Gasteiger charge is -2.44. The fraction of sp³-hybridized carbons (Fsp3) is 0.579. The molecule has 2 aliphatic rings. The largest absolute Gasteiger partial charge is 0.442 e. The topological polar surface area (TPSA) is 82.1 Å². The van der Waals surface area contributed by atoms with Crippen molar-refractivity contribution in [2.75, 3.05) is 36.0 Å². The van der Waals surface area contributed by atoms with Gasteiger partial charge in [-0.3, -0.25) is 9.69 Å². The highest BCUT2D eigenvalue weighted by molar-refractivity contribution is 5.90. The molecule has 0 saturated carbocycles. The molecule has 7 nitrogen and oxygen atoms in total. The number of carbonyl (C=O) groups excluding carboxylic acids is 2. The van der Waals surface area contributed by atoms with Gasteiger partial charge in [0.05, 0.1) is 24.5 Å². The summed E-state index contributed by atoms with van der Waals surface area (Å²) in [6, 6.07) is 3.99. The van der Waals surface area contributed by atoms with E-state index in [1.54, 1.807) is 0 Å². The number of aliphatic hydroxyl groups is 1. The smallest absolute Gasteiger partial charge is 0.417 e. The minimum absolute atomic E-state index is 0.0946. The number of halogens is 4. The molecule has 1 aromatic carbocycles. The molecule has 166 valence electrons. The molecule has 11 heteroatoms. The van der Waals surface area contributed by atoms with Gasteiger partial charge in [-0.05, 0) is 18.2 Å². The number of hydrogen-bond acceptors (Lipinski definition) is 5. The average molecular weight is 433 g/mol. The number of alkyl halides is 3. The van der Waals surface area contributed by atoms with E-state index < -0.39 is 42.1 Å². The van der Waals surface area contributed by atoms with E-state index in [2.05, 4.69) is 5.32 Å². The number of carbonyl (C=O) groups is 2. The van der Waals surface area contributed by atoms with Crippen molar-refractivity contribution in [2.45, 2.75) is 38.1 Å². The number of rotatable bonds is 4. The number of nitrogens with one attached hydrogen (secondary N) is 1. The van der Waals surface area contributed by atoms with Gasteiger partial charge in [0.25, 0.3) is 0 Å². The normalized spacial score (nSPS) is 27.2. The first-order valence-electron chi connectivity index (χ1n) is 9.48. The lowest BCUT2D eigenvalue weighted by molar-refractivity contribution is -0.281. The molecule has 2 fully saturated rings. The summed E-state index contributed by atoms with van der Waals surface area (Å²) in [5.41, 5.74) is -2.47. The van der Waals surface area contributed by atoms with E-state index in [4.69, 9.17) is 4.74 Å². The van der Waals surface area contributed by atoms with Crippen molar-refractivity contribution in [3.63, 3.8) is 0 Å². The van der Waals surface area contributed by atoms with Crippen LogP contribution in [0.1, 0.15) is 20.3 Å². The second-order valence-electron chi connectivity index (χ2n) is 7.71. The van der Waals surface area contributed by atoms with Crippen LogP contribution < -0.4 is 15.1 Å². The summed E-state index contributed by atoms with van der Waals surface area (Å²) in [5, 5.41) is 12.5. The van der Waals surface area contributed by atoms with Gasteiger partial charge in [0, 0.05) is 32.4 Å². The lowest BCUT2D eigenvalue weighted by atomic mass is 9.81. The Balaban J connectivity index is 1.71. The molecule has 3 atom stereocenters. The van der Waals surface area contributed by atoms with Crippen molar-refractivity contribution in [1.82, 2.24) is 5.32 Å². The predicted molar refractivity (Wildman–Crippen MR) is 99.7 cm³/mol. The average Bonchev–Trinajstić information content (AvgIpc) is 3.02. The molecule has 30 heavy (non-hydrogen) atoms. The summed E-state index contributed by atoms with van der Waals surface area (Å²) in [7, 11) is 0. The molecule has 2 aliphatic heterocycles. The van der Waals surface area contributed by atoms with Crippen LogP contribution in [0.2, 0.25) is 0 Å². The molecule has 2 heterocycles. The molecule has 0 bridgehead atoms. The number of cyclic esters (lactones) is 1. The van der Waals surface area contributed by atoms with Gasteiger partial charge in [0.1, 0.15) is 11.9 Å². The second kappa shape index (κ2) is 7.93. The summed E-state index contributed by atoms with van der Waals surface area (Å²) < 4.78 is 59.4. The fourth-order valence-corrected chi connectivity index (χ4v) is 3.78. The van der Waals surface area contributed by atoms with Crippen molar-refractivity contribution < 1.29 is 37.0 Å². The molecule has 1 aromatic rings. The zero-order valence-electron chi connectivity index (χ0n) is 16.5. The number of ether oxygens (including phenoxy) is 1. The van der Waals surface area contributed by atoms with Crippen LogP contribution in [-0.2, 0) is 9.53 Å². The van der Waals surface area contributed by atoms with Gasteiger partial charge in [0.15, 0.2) is 5.60 Å². The monoisotopic (exact) mass is 433 g/mol. The Bertz CT molecular complexity index is 834. The zero-order chi connectivity index (χ0) is 22.3. The number of piperidine rings is 1. The molecule has 0 radical (unpaired) electrons. The number of nitrogens with zero attached hydrogens (tertiary/aromatic N) is 2. The molecule has 2 saturated heterocycles. The number of benzene rings is 1. The quantitative estimate of drug-likeness (QED) is 0.713. The molecular weight excluding hydrogens is 410 g/mol. The van der Waals surface area contributed by atoms with Gasteiger partial charge in [0.2, 0.25) is 5.91 Å².